The van der Waals surface area contributed by atoms with E-state index in [0.717, 1.165) is 12.1 Å². The molecule has 1 unspecified atom stereocenters. The second-order valence-electron chi connectivity index (χ2n) is 5.18. The van der Waals surface area contributed by atoms with Crippen LogP contribution in [-0.4, -0.2) is 15.4 Å². The van der Waals surface area contributed by atoms with Crippen molar-refractivity contribution in [1.29, 1.82) is 0 Å². The lowest BCUT2D eigenvalue weighted by Crippen LogP contribution is -2.18. The third-order valence-electron chi connectivity index (χ3n) is 3.64. The van der Waals surface area contributed by atoms with Gasteiger partial charge in [0.2, 0.25) is 0 Å². The van der Waals surface area contributed by atoms with Crippen LogP contribution in [0.25, 0.3) is 5.52 Å². The Morgan fingerprint density at radius 2 is 2.29 bits per heavy atom. The zero-order valence-electron chi connectivity index (χ0n) is 10.3. The van der Waals surface area contributed by atoms with Crippen molar-refractivity contribution in [2.45, 2.75) is 44.6 Å². The summed E-state index contributed by atoms with van der Waals surface area (Å²) in [5, 5.41) is 0. The summed E-state index contributed by atoms with van der Waals surface area (Å²) < 4.78 is 2.25. The number of nitrogens with zero attached hydrogens (tertiary/aromatic N) is 2. The van der Waals surface area contributed by atoms with E-state index < -0.39 is 0 Å². The summed E-state index contributed by atoms with van der Waals surface area (Å²) >= 11 is 0. The van der Waals surface area contributed by atoms with E-state index >= 15 is 0 Å². The van der Waals surface area contributed by atoms with Gasteiger partial charge in [-0.05, 0) is 31.9 Å². The van der Waals surface area contributed by atoms with Gasteiger partial charge in [0.25, 0.3) is 0 Å². The van der Waals surface area contributed by atoms with Crippen LogP contribution in [0.15, 0.2) is 24.4 Å². The Hall–Kier alpha value is -1.35. The molecule has 1 fully saturated rings. The molecule has 1 aliphatic carbocycles. The van der Waals surface area contributed by atoms with Crippen LogP contribution >= 0.6 is 0 Å². The van der Waals surface area contributed by atoms with Crippen molar-refractivity contribution < 1.29 is 0 Å². The van der Waals surface area contributed by atoms with Crippen LogP contribution in [0.3, 0.4) is 0 Å². The van der Waals surface area contributed by atoms with Gasteiger partial charge in [-0.15, -0.1) is 0 Å². The highest BCUT2D eigenvalue weighted by Crippen LogP contribution is 2.36. The van der Waals surface area contributed by atoms with E-state index in [-0.39, 0.29) is 6.04 Å². The predicted octanol–water partition coefficient (Wildman–Crippen LogP) is 2.49. The molecule has 0 bridgehead atoms. The zero-order chi connectivity index (χ0) is 11.8. The first-order chi connectivity index (χ1) is 8.25. The normalized spacial score (nSPS) is 18.2. The summed E-state index contributed by atoms with van der Waals surface area (Å²) in [7, 11) is 0. The minimum atomic E-state index is 0.170. The van der Waals surface area contributed by atoms with Crippen LogP contribution in [0.1, 0.15) is 43.6 Å². The van der Waals surface area contributed by atoms with Crippen LogP contribution in [0.2, 0.25) is 0 Å². The maximum atomic E-state index is 5.90. The van der Waals surface area contributed by atoms with Gasteiger partial charge in [-0.1, -0.05) is 12.5 Å². The number of nitrogens with two attached hydrogens (primary N) is 1. The maximum absolute atomic E-state index is 5.90. The van der Waals surface area contributed by atoms with Gasteiger partial charge in [0.1, 0.15) is 5.82 Å². The van der Waals surface area contributed by atoms with Gasteiger partial charge in [0.15, 0.2) is 0 Å². The molecule has 3 nitrogen and oxygen atoms in total. The van der Waals surface area contributed by atoms with E-state index in [0.29, 0.717) is 5.92 Å². The molecular weight excluding hydrogens is 210 g/mol. The average molecular weight is 229 g/mol. The Balaban J connectivity index is 2.09. The molecular formula is C14H19N3. The molecule has 0 aliphatic heterocycles. The molecule has 90 valence electrons. The maximum Gasteiger partial charge on any atom is 0.116 e. The number of hydrogen-bond acceptors (Lipinski definition) is 2. The van der Waals surface area contributed by atoms with Crippen molar-refractivity contribution in [3.05, 3.63) is 35.9 Å². The molecule has 0 saturated heterocycles. The summed E-state index contributed by atoms with van der Waals surface area (Å²) in [6.07, 6.45) is 6.90. The Morgan fingerprint density at radius 1 is 1.47 bits per heavy atom. The van der Waals surface area contributed by atoms with Crippen LogP contribution in [0.4, 0.5) is 0 Å². The van der Waals surface area contributed by atoms with Crippen molar-refractivity contribution in [2.75, 3.05) is 0 Å². The largest absolute Gasteiger partial charge is 0.328 e. The quantitative estimate of drug-likeness (QED) is 0.878. The molecule has 1 atom stereocenters. The summed E-state index contributed by atoms with van der Waals surface area (Å²) in [6, 6.07) is 6.47. The molecule has 2 aromatic heterocycles. The lowest BCUT2D eigenvalue weighted by atomic mass is 9.85. The monoisotopic (exact) mass is 229 g/mol. The van der Waals surface area contributed by atoms with Gasteiger partial charge >= 0.3 is 0 Å². The zero-order valence-corrected chi connectivity index (χ0v) is 10.3. The highest BCUT2D eigenvalue weighted by atomic mass is 15.0. The van der Waals surface area contributed by atoms with Gasteiger partial charge in [-0.2, -0.15) is 0 Å². The second-order valence-corrected chi connectivity index (χ2v) is 5.18. The van der Waals surface area contributed by atoms with E-state index in [1.807, 2.05) is 6.92 Å². The van der Waals surface area contributed by atoms with Crippen LogP contribution in [0, 0.1) is 0 Å². The standard InChI is InChI=1S/C14H19N3/c1-10(15)9-12-13-7-2-3-8-17(13)14(16-12)11-5-4-6-11/h2-3,7-8,10-11H,4-6,9,15H2,1H3. The van der Waals surface area contributed by atoms with Gasteiger partial charge in [0, 0.05) is 24.6 Å². The molecule has 1 saturated carbocycles. The number of fused-ring (bicyclic) bond motifs is 1. The minimum Gasteiger partial charge on any atom is -0.328 e. The predicted molar refractivity (Wildman–Crippen MR) is 69.1 cm³/mol. The van der Waals surface area contributed by atoms with E-state index in [1.54, 1.807) is 0 Å². The van der Waals surface area contributed by atoms with Crippen molar-refractivity contribution in [3.63, 3.8) is 0 Å². The number of rotatable bonds is 3. The first kappa shape index (κ1) is 10.8. The fourth-order valence-corrected chi connectivity index (χ4v) is 2.54. The lowest BCUT2D eigenvalue weighted by molar-refractivity contribution is 0.400. The Kier molecular flexibility index (Phi) is 2.63. The number of aromatic nitrogens is 2. The first-order valence-electron chi connectivity index (χ1n) is 6.47. The van der Waals surface area contributed by atoms with Crippen molar-refractivity contribution in [3.8, 4) is 0 Å². The van der Waals surface area contributed by atoms with Crippen LogP contribution in [-0.2, 0) is 6.42 Å². The van der Waals surface area contributed by atoms with Gasteiger partial charge < -0.3 is 10.1 Å². The van der Waals surface area contributed by atoms with Crippen molar-refractivity contribution >= 4 is 5.52 Å². The summed E-state index contributed by atoms with van der Waals surface area (Å²) in [5.41, 5.74) is 8.28. The number of pyridine rings is 1. The second kappa shape index (κ2) is 4.15. The molecule has 0 amide bonds. The first-order valence-corrected chi connectivity index (χ1v) is 6.47. The summed E-state index contributed by atoms with van der Waals surface area (Å²) in [5.74, 6) is 1.90. The summed E-state index contributed by atoms with van der Waals surface area (Å²) in [4.78, 5) is 4.83. The van der Waals surface area contributed by atoms with E-state index in [9.17, 15) is 0 Å². The molecule has 17 heavy (non-hydrogen) atoms. The topological polar surface area (TPSA) is 43.3 Å². The van der Waals surface area contributed by atoms with E-state index in [4.69, 9.17) is 10.7 Å². The third kappa shape index (κ3) is 1.84. The molecule has 2 N–H and O–H groups in total. The summed E-state index contributed by atoms with van der Waals surface area (Å²) in [6.45, 7) is 2.04. The highest BCUT2D eigenvalue weighted by molar-refractivity contribution is 5.54. The molecule has 2 aromatic rings. The van der Waals surface area contributed by atoms with Crippen LogP contribution < -0.4 is 5.73 Å². The molecule has 1 aliphatic rings. The van der Waals surface area contributed by atoms with E-state index in [2.05, 4.69) is 28.8 Å². The molecule has 3 rings (SSSR count). The highest BCUT2D eigenvalue weighted by Gasteiger charge is 2.25. The minimum absolute atomic E-state index is 0.170. The number of imidazole rings is 1. The van der Waals surface area contributed by atoms with Gasteiger partial charge in [-0.25, -0.2) is 4.98 Å². The lowest BCUT2D eigenvalue weighted by Gasteiger charge is -2.23. The smallest absolute Gasteiger partial charge is 0.116 e. The van der Waals surface area contributed by atoms with Gasteiger partial charge in [0.05, 0.1) is 11.2 Å². The Bertz CT molecular complexity index is 523. The third-order valence-corrected chi connectivity index (χ3v) is 3.64. The van der Waals surface area contributed by atoms with Gasteiger partial charge in [-0.3, -0.25) is 0 Å². The van der Waals surface area contributed by atoms with Crippen molar-refractivity contribution in [1.82, 2.24) is 9.38 Å². The van der Waals surface area contributed by atoms with E-state index in [1.165, 1.54) is 30.6 Å². The molecule has 0 aromatic carbocycles. The molecule has 0 spiro atoms. The number of hydrogen-bond donors (Lipinski definition) is 1. The fourth-order valence-electron chi connectivity index (χ4n) is 2.54. The SMILES string of the molecule is CC(N)Cc1nc(C2CCC2)n2ccccc12. The van der Waals surface area contributed by atoms with Crippen molar-refractivity contribution in [2.24, 2.45) is 5.73 Å². The average Bonchev–Trinajstić information content (AvgIpc) is 2.55. The Morgan fingerprint density at radius 3 is 2.94 bits per heavy atom. The molecule has 2 heterocycles. The Labute approximate surface area is 102 Å². The fraction of sp³-hybridized carbons (Fsp3) is 0.500. The molecule has 0 radical (unpaired) electrons. The molecule has 3 heteroatoms. The van der Waals surface area contributed by atoms with Crippen LogP contribution in [0.5, 0.6) is 0 Å².